The van der Waals surface area contributed by atoms with Gasteiger partial charge in [0.25, 0.3) is 5.88 Å². The number of nitriles is 2. The first-order valence-corrected chi connectivity index (χ1v) is 5.64. The fraction of sp³-hybridized carbons (Fsp3) is 0.0909. The summed E-state index contributed by atoms with van der Waals surface area (Å²) in [5.41, 5.74) is 10.7. The molecule has 0 aliphatic rings. The van der Waals surface area contributed by atoms with Gasteiger partial charge in [0.15, 0.2) is 10.8 Å². The van der Waals surface area contributed by atoms with Gasteiger partial charge in [0, 0.05) is 0 Å². The van der Waals surface area contributed by atoms with Crippen LogP contribution in [-0.4, -0.2) is 27.0 Å². The molecule has 106 valence electrons. The Labute approximate surface area is 124 Å². The van der Waals surface area contributed by atoms with E-state index in [0.29, 0.717) is 0 Å². The number of aromatic nitrogens is 4. The van der Waals surface area contributed by atoms with E-state index < -0.39 is 0 Å². The molecule has 0 spiro atoms. The number of methoxy groups -OCH3 is 1. The minimum atomic E-state index is 0.0440. The summed E-state index contributed by atoms with van der Waals surface area (Å²) in [7, 11) is 1.41. The van der Waals surface area contributed by atoms with Gasteiger partial charge >= 0.3 is 0 Å². The van der Waals surface area contributed by atoms with Crippen LogP contribution >= 0.6 is 11.6 Å². The van der Waals surface area contributed by atoms with Crippen LogP contribution in [0, 0.1) is 22.7 Å². The molecule has 2 aromatic heterocycles. The smallest absolute Gasteiger partial charge is 0.252 e. The van der Waals surface area contributed by atoms with Gasteiger partial charge < -0.3 is 16.2 Å². The second-order valence-corrected chi connectivity index (χ2v) is 3.67. The van der Waals surface area contributed by atoms with Crippen molar-refractivity contribution in [3.05, 3.63) is 28.9 Å². The number of rotatable bonds is 1. The first-order valence-electron chi connectivity index (χ1n) is 5.26. The largest absolute Gasteiger partial charge is 0.479 e. The summed E-state index contributed by atoms with van der Waals surface area (Å²) in [6.07, 6.45) is 2.59. The zero-order valence-electron chi connectivity index (χ0n) is 10.8. The summed E-state index contributed by atoms with van der Waals surface area (Å²) in [5.74, 6) is 0.609. The van der Waals surface area contributed by atoms with Crippen LogP contribution in [0.4, 0.5) is 11.6 Å². The second kappa shape index (κ2) is 7.43. The molecule has 0 unspecified atom stereocenters. The van der Waals surface area contributed by atoms with Crippen molar-refractivity contribution >= 4 is 23.2 Å². The van der Waals surface area contributed by atoms with Crippen molar-refractivity contribution in [3.63, 3.8) is 0 Å². The van der Waals surface area contributed by atoms with Gasteiger partial charge in [-0.25, -0.2) is 15.0 Å². The third-order valence-electron chi connectivity index (χ3n) is 1.91. The summed E-state index contributed by atoms with van der Waals surface area (Å²) in [6, 6.07) is 3.58. The Morgan fingerprint density at radius 2 is 1.57 bits per heavy atom. The van der Waals surface area contributed by atoms with Gasteiger partial charge in [-0.2, -0.15) is 15.5 Å². The minimum absolute atomic E-state index is 0.0440. The topological polar surface area (TPSA) is 160 Å². The summed E-state index contributed by atoms with van der Waals surface area (Å²) < 4.78 is 4.74. The molecule has 0 saturated heterocycles. The lowest BCUT2D eigenvalue weighted by molar-refractivity contribution is 0.395. The van der Waals surface area contributed by atoms with E-state index in [0.717, 1.165) is 0 Å². The van der Waals surface area contributed by atoms with Gasteiger partial charge in [-0.1, -0.05) is 11.6 Å². The summed E-state index contributed by atoms with van der Waals surface area (Å²) in [6.45, 7) is 0. The first-order chi connectivity index (χ1) is 10.0. The van der Waals surface area contributed by atoms with Crippen molar-refractivity contribution in [2.75, 3.05) is 18.6 Å². The lowest BCUT2D eigenvalue weighted by Crippen LogP contribution is -1.98. The molecule has 9 nitrogen and oxygen atoms in total. The predicted molar refractivity (Wildman–Crippen MR) is 73.9 cm³/mol. The standard InChI is InChI=1S/C6H6N4O.C5H3ClN4/c1-11-6-4(2-7)9-3-5(8)10-6;6-5-3(1-7)9-2-4(8)10-5/h3H,1H3,(H2,8,10);2H,(H2,8,10). The molecule has 0 aromatic carbocycles. The van der Waals surface area contributed by atoms with E-state index >= 15 is 0 Å². The first kappa shape index (κ1) is 15.9. The van der Waals surface area contributed by atoms with E-state index in [4.69, 9.17) is 38.3 Å². The van der Waals surface area contributed by atoms with Crippen LogP contribution in [0.1, 0.15) is 11.4 Å². The molecule has 0 amide bonds. The molecule has 10 heteroatoms. The van der Waals surface area contributed by atoms with Crippen LogP contribution in [-0.2, 0) is 0 Å². The maximum atomic E-state index is 8.47. The number of nitrogen functional groups attached to an aromatic ring is 2. The highest BCUT2D eigenvalue weighted by Crippen LogP contribution is 2.11. The zero-order chi connectivity index (χ0) is 15.8. The van der Waals surface area contributed by atoms with E-state index in [9.17, 15) is 0 Å². The van der Waals surface area contributed by atoms with Crippen LogP contribution < -0.4 is 16.2 Å². The van der Waals surface area contributed by atoms with Gasteiger partial charge in [0.2, 0.25) is 5.69 Å². The third-order valence-corrected chi connectivity index (χ3v) is 2.18. The van der Waals surface area contributed by atoms with E-state index in [2.05, 4.69) is 19.9 Å². The summed E-state index contributed by atoms with van der Waals surface area (Å²) in [4.78, 5) is 14.6. The molecule has 4 N–H and O–H groups in total. The number of halogens is 1. The maximum absolute atomic E-state index is 8.47. The number of nitrogens with two attached hydrogens (primary N) is 2. The number of ether oxygens (including phenoxy) is 1. The highest BCUT2D eigenvalue weighted by molar-refractivity contribution is 6.30. The van der Waals surface area contributed by atoms with Crippen LogP contribution in [0.5, 0.6) is 5.88 Å². The van der Waals surface area contributed by atoms with E-state index in [-0.39, 0.29) is 34.1 Å². The summed E-state index contributed by atoms with van der Waals surface area (Å²) in [5, 5.41) is 16.8. The molecule has 2 heterocycles. The average molecular weight is 305 g/mol. The molecule has 0 radical (unpaired) electrons. The van der Waals surface area contributed by atoms with Gasteiger partial charge in [-0.3, -0.25) is 0 Å². The van der Waals surface area contributed by atoms with E-state index in [1.165, 1.54) is 19.5 Å². The normalized spacial score (nSPS) is 8.76. The molecule has 0 bridgehead atoms. The molecule has 0 fully saturated rings. The Bertz CT molecular complexity index is 721. The molecular formula is C11H9ClN8O. The Morgan fingerprint density at radius 3 is 2.05 bits per heavy atom. The molecule has 21 heavy (non-hydrogen) atoms. The number of nitrogens with zero attached hydrogens (tertiary/aromatic N) is 6. The lowest BCUT2D eigenvalue weighted by Gasteiger charge is -1.99. The van der Waals surface area contributed by atoms with Crippen molar-refractivity contribution in [2.45, 2.75) is 0 Å². The van der Waals surface area contributed by atoms with E-state index in [1.54, 1.807) is 6.07 Å². The maximum Gasteiger partial charge on any atom is 0.252 e. The minimum Gasteiger partial charge on any atom is -0.479 e. The Hall–Kier alpha value is -3.17. The van der Waals surface area contributed by atoms with Crippen LogP contribution in [0.3, 0.4) is 0 Å². The SMILES string of the molecule is COc1nc(N)cnc1C#N.N#Cc1ncc(N)nc1Cl. The molecule has 2 aromatic rings. The number of anilines is 2. The molecule has 2 rings (SSSR count). The predicted octanol–water partition coefficient (Wildman–Crippen LogP) is 0.523. The summed E-state index contributed by atoms with van der Waals surface area (Å²) >= 11 is 5.45. The second-order valence-electron chi connectivity index (χ2n) is 3.31. The molecular weight excluding hydrogens is 296 g/mol. The van der Waals surface area contributed by atoms with Crippen LogP contribution in [0.2, 0.25) is 5.15 Å². The van der Waals surface area contributed by atoms with Crippen molar-refractivity contribution in [2.24, 2.45) is 0 Å². The molecule has 0 aliphatic heterocycles. The molecule has 0 aliphatic carbocycles. The Morgan fingerprint density at radius 1 is 1.05 bits per heavy atom. The highest BCUT2D eigenvalue weighted by Gasteiger charge is 2.04. The monoisotopic (exact) mass is 304 g/mol. The zero-order valence-corrected chi connectivity index (χ0v) is 11.5. The van der Waals surface area contributed by atoms with Gasteiger partial charge in [-0.05, 0) is 0 Å². The fourth-order valence-electron chi connectivity index (χ4n) is 1.06. The van der Waals surface area contributed by atoms with Crippen molar-refractivity contribution in [1.29, 1.82) is 10.5 Å². The quantitative estimate of drug-likeness (QED) is 0.765. The Balaban J connectivity index is 0.000000211. The average Bonchev–Trinajstić information content (AvgIpc) is 2.48. The fourth-order valence-corrected chi connectivity index (χ4v) is 1.25. The lowest BCUT2D eigenvalue weighted by atomic mass is 10.4. The van der Waals surface area contributed by atoms with Crippen molar-refractivity contribution in [3.8, 4) is 18.0 Å². The number of hydrogen-bond acceptors (Lipinski definition) is 9. The van der Waals surface area contributed by atoms with Crippen molar-refractivity contribution < 1.29 is 4.74 Å². The van der Waals surface area contributed by atoms with Crippen molar-refractivity contribution in [1.82, 2.24) is 19.9 Å². The highest BCUT2D eigenvalue weighted by atomic mass is 35.5. The Kier molecular flexibility index (Phi) is 5.62. The third kappa shape index (κ3) is 4.45. The number of hydrogen-bond donors (Lipinski definition) is 2. The van der Waals surface area contributed by atoms with Gasteiger partial charge in [0.1, 0.15) is 23.8 Å². The molecule has 0 atom stereocenters. The van der Waals surface area contributed by atoms with Gasteiger partial charge in [0.05, 0.1) is 19.5 Å². The van der Waals surface area contributed by atoms with Gasteiger partial charge in [-0.15, -0.1) is 0 Å². The van der Waals surface area contributed by atoms with E-state index in [1.807, 2.05) is 6.07 Å². The molecule has 0 saturated carbocycles. The van der Waals surface area contributed by atoms with Crippen LogP contribution in [0.25, 0.3) is 0 Å². The van der Waals surface area contributed by atoms with Crippen LogP contribution in [0.15, 0.2) is 12.4 Å².